The maximum atomic E-state index is 12.4. The molecule has 122 valence electrons. The van der Waals surface area contributed by atoms with E-state index in [1.165, 1.54) is 0 Å². The van der Waals surface area contributed by atoms with Gasteiger partial charge in [0.1, 0.15) is 17.2 Å². The molecule has 2 aliphatic heterocycles. The van der Waals surface area contributed by atoms with E-state index in [4.69, 9.17) is 4.74 Å². The summed E-state index contributed by atoms with van der Waals surface area (Å²) in [5.41, 5.74) is -0.478. The number of rotatable bonds is 2. The van der Waals surface area contributed by atoms with Crippen LogP contribution in [0, 0.1) is 5.92 Å². The standard InChI is InChI=1S/C15H20N6O2/c22-13(11-1-5-14(6-2-11)9-16-20-18-14)23-12-3-7-15(8-4-12)10-17-21-19-15/h9-12H,1-8H2. The Morgan fingerprint density at radius 2 is 1.39 bits per heavy atom. The second-order valence-electron chi connectivity index (χ2n) is 6.99. The van der Waals surface area contributed by atoms with Crippen LogP contribution in [0.15, 0.2) is 30.9 Å². The summed E-state index contributed by atoms with van der Waals surface area (Å²) in [5, 5.41) is 23.5. The molecule has 0 aromatic carbocycles. The first-order valence-corrected chi connectivity index (χ1v) is 8.32. The molecule has 0 radical (unpaired) electrons. The first-order chi connectivity index (χ1) is 11.2. The molecular weight excluding hydrogens is 296 g/mol. The van der Waals surface area contributed by atoms with E-state index in [0.717, 1.165) is 51.4 Å². The largest absolute Gasteiger partial charge is 0.462 e. The predicted molar refractivity (Wildman–Crippen MR) is 82.5 cm³/mol. The smallest absolute Gasteiger partial charge is 0.309 e. The van der Waals surface area contributed by atoms with Crippen LogP contribution in [-0.4, -0.2) is 35.6 Å². The quantitative estimate of drug-likeness (QED) is 0.731. The van der Waals surface area contributed by atoms with Gasteiger partial charge in [0.15, 0.2) is 0 Å². The summed E-state index contributed by atoms with van der Waals surface area (Å²) in [5.74, 6) is -0.0807. The molecule has 0 aromatic heterocycles. The van der Waals surface area contributed by atoms with Crippen molar-refractivity contribution < 1.29 is 9.53 Å². The van der Waals surface area contributed by atoms with Gasteiger partial charge in [-0.25, -0.2) is 0 Å². The van der Waals surface area contributed by atoms with Gasteiger partial charge in [0.05, 0.1) is 18.3 Å². The Bertz CT molecular complexity index is 567. The summed E-state index contributed by atoms with van der Waals surface area (Å²) in [6, 6.07) is 0. The summed E-state index contributed by atoms with van der Waals surface area (Å²) in [6.45, 7) is 0. The summed E-state index contributed by atoms with van der Waals surface area (Å²) >= 11 is 0. The van der Waals surface area contributed by atoms with E-state index in [1.54, 1.807) is 0 Å². The molecule has 0 aromatic rings. The number of hydrogen-bond donors (Lipinski definition) is 0. The SMILES string of the molecule is O=C(OC1CCC2(C=NN=N2)CC1)C1CCC2(C=NN=N2)CC1. The van der Waals surface area contributed by atoms with Crippen LogP contribution < -0.4 is 0 Å². The Balaban J connectivity index is 1.26. The first-order valence-electron chi connectivity index (χ1n) is 8.32. The number of ether oxygens (including phenoxy) is 1. The Morgan fingerprint density at radius 1 is 0.870 bits per heavy atom. The third-order valence-corrected chi connectivity index (χ3v) is 5.45. The van der Waals surface area contributed by atoms with Crippen LogP contribution in [0.2, 0.25) is 0 Å². The monoisotopic (exact) mass is 316 g/mol. The molecule has 2 fully saturated rings. The van der Waals surface area contributed by atoms with Gasteiger partial charge in [-0.1, -0.05) is 0 Å². The average molecular weight is 316 g/mol. The summed E-state index contributed by atoms with van der Waals surface area (Å²) in [7, 11) is 0. The molecular formula is C15H20N6O2. The fourth-order valence-electron chi connectivity index (χ4n) is 3.83. The van der Waals surface area contributed by atoms with Gasteiger partial charge in [-0.05, 0) is 61.8 Å². The highest BCUT2D eigenvalue weighted by Gasteiger charge is 2.41. The van der Waals surface area contributed by atoms with Crippen LogP contribution in [0.4, 0.5) is 0 Å². The highest BCUT2D eigenvalue weighted by molar-refractivity contribution is 5.75. The second-order valence-corrected chi connectivity index (χ2v) is 6.99. The fourth-order valence-corrected chi connectivity index (χ4v) is 3.83. The lowest BCUT2D eigenvalue weighted by molar-refractivity contribution is -0.157. The molecule has 2 saturated carbocycles. The average Bonchev–Trinajstić information content (AvgIpc) is 3.21. The topological polar surface area (TPSA) is 100 Å². The summed E-state index contributed by atoms with van der Waals surface area (Å²) in [4.78, 5) is 12.4. The van der Waals surface area contributed by atoms with E-state index in [-0.39, 0.29) is 29.1 Å². The van der Waals surface area contributed by atoms with Crippen molar-refractivity contribution in [3.8, 4) is 0 Å². The molecule has 0 N–H and O–H groups in total. The summed E-state index contributed by atoms with van der Waals surface area (Å²) < 4.78 is 5.74. The second kappa shape index (κ2) is 5.58. The van der Waals surface area contributed by atoms with Gasteiger partial charge < -0.3 is 4.74 Å². The van der Waals surface area contributed by atoms with E-state index in [9.17, 15) is 4.79 Å². The van der Waals surface area contributed by atoms with E-state index in [2.05, 4.69) is 30.9 Å². The van der Waals surface area contributed by atoms with E-state index in [0.29, 0.717) is 0 Å². The maximum absolute atomic E-state index is 12.4. The molecule has 8 heteroatoms. The van der Waals surface area contributed by atoms with Gasteiger partial charge in [-0.15, -0.1) is 10.2 Å². The molecule has 2 aliphatic carbocycles. The zero-order valence-corrected chi connectivity index (χ0v) is 13.0. The van der Waals surface area contributed by atoms with Crippen LogP contribution in [0.1, 0.15) is 51.4 Å². The third kappa shape index (κ3) is 2.82. The summed E-state index contributed by atoms with van der Waals surface area (Å²) in [6.07, 6.45) is 10.2. The molecule has 0 atom stereocenters. The number of carbonyl (C=O) groups excluding carboxylic acids is 1. The zero-order valence-electron chi connectivity index (χ0n) is 13.0. The molecule has 4 aliphatic rings. The molecule has 8 nitrogen and oxygen atoms in total. The van der Waals surface area contributed by atoms with E-state index in [1.807, 2.05) is 12.4 Å². The number of esters is 1. The lowest BCUT2D eigenvalue weighted by Crippen LogP contribution is -2.38. The van der Waals surface area contributed by atoms with Crippen molar-refractivity contribution in [1.29, 1.82) is 0 Å². The Morgan fingerprint density at radius 3 is 1.87 bits per heavy atom. The Hall–Kier alpha value is -1.99. The van der Waals surface area contributed by atoms with Gasteiger partial charge in [-0.2, -0.15) is 10.2 Å². The molecule has 23 heavy (non-hydrogen) atoms. The van der Waals surface area contributed by atoms with Crippen molar-refractivity contribution in [1.82, 2.24) is 0 Å². The Labute approximate surface area is 134 Å². The molecule has 2 heterocycles. The van der Waals surface area contributed by atoms with Gasteiger partial charge in [-0.3, -0.25) is 4.79 Å². The maximum Gasteiger partial charge on any atom is 0.309 e. The van der Waals surface area contributed by atoms with Crippen molar-refractivity contribution in [2.45, 2.75) is 68.5 Å². The van der Waals surface area contributed by atoms with E-state index >= 15 is 0 Å². The lowest BCUT2D eigenvalue weighted by Gasteiger charge is -2.34. The molecule has 2 spiro atoms. The molecule has 0 unspecified atom stereocenters. The third-order valence-electron chi connectivity index (χ3n) is 5.45. The van der Waals surface area contributed by atoms with Gasteiger partial charge in [0.25, 0.3) is 0 Å². The highest BCUT2D eigenvalue weighted by atomic mass is 16.5. The first kappa shape index (κ1) is 14.6. The van der Waals surface area contributed by atoms with Crippen molar-refractivity contribution in [3.05, 3.63) is 0 Å². The van der Waals surface area contributed by atoms with Crippen molar-refractivity contribution in [2.24, 2.45) is 36.8 Å². The highest BCUT2D eigenvalue weighted by Crippen LogP contribution is 2.38. The molecule has 0 amide bonds. The zero-order chi connectivity index (χ0) is 15.8. The number of nitrogens with zero attached hydrogens (tertiary/aromatic N) is 6. The number of carbonyl (C=O) groups is 1. The normalized spacial score (nSPS) is 41.2. The van der Waals surface area contributed by atoms with E-state index < -0.39 is 0 Å². The minimum atomic E-state index is -0.249. The van der Waals surface area contributed by atoms with Crippen molar-refractivity contribution in [2.75, 3.05) is 0 Å². The van der Waals surface area contributed by atoms with Crippen LogP contribution >= 0.6 is 0 Å². The predicted octanol–water partition coefficient (Wildman–Crippen LogP) is 3.04. The molecule has 4 rings (SSSR count). The van der Waals surface area contributed by atoms with Crippen molar-refractivity contribution in [3.63, 3.8) is 0 Å². The van der Waals surface area contributed by atoms with Crippen LogP contribution in [-0.2, 0) is 9.53 Å². The minimum absolute atomic E-state index is 0.000872. The molecule has 0 bridgehead atoms. The van der Waals surface area contributed by atoms with Gasteiger partial charge >= 0.3 is 5.97 Å². The fraction of sp³-hybridized carbons (Fsp3) is 0.800. The van der Waals surface area contributed by atoms with Crippen LogP contribution in [0.3, 0.4) is 0 Å². The molecule has 0 saturated heterocycles. The minimum Gasteiger partial charge on any atom is -0.462 e. The lowest BCUT2D eigenvalue weighted by atomic mass is 9.77. The van der Waals surface area contributed by atoms with Gasteiger partial charge in [0.2, 0.25) is 0 Å². The van der Waals surface area contributed by atoms with Crippen LogP contribution in [0.25, 0.3) is 0 Å². The van der Waals surface area contributed by atoms with Crippen molar-refractivity contribution >= 4 is 18.4 Å². The Kier molecular flexibility index (Phi) is 3.54. The van der Waals surface area contributed by atoms with Gasteiger partial charge in [0, 0.05) is 0 Å². The number of hydrogen-bond acceptors (Lipinski definition) is 8. The van der Waals surface area contributed by atoms with Crippen LogP contribution in [0.5, 0.6) is 0 Å².